The molecule has 1 heterocycles. The molecule has 0 spiro atoms. The number of hydrogen-bond acceptors (Lipinski definition) is 4. The molecule has 5 nitrogen and oxygen atoms in total. The quantitative estimate of drug-likeness (QED) is 0.907. The fraction of sp³-hybridized carbons (Fsp3) is 0.438. The highest BCUT2D eigenvalue weighted by atomic mass is 32.2. The number of rotatable bonds is 3. The maximum atomic E-state index is 12.7. The van der Waals surface area contributed by atoms with Crippen molar-refractivity contribution in [2.45, 2.75) is 49.6 Å². The second kappa shape index (κ2) is 5.95. The highest BCUT2D eigenvalue weighted by Gasteiger charge is 2.25. The molecule has 1 saturated carbocycles. The van der Waals surface area contributed by atoms with Gasteiger partial charge < -0.3 is 5.73 Å². The zero-order valence-corrected chi connectivity index (χ0v) is 13.4. The number of nitrogens with one attached hydrogen (secondary N) is 1. The van der Waals surface area contributed by atoms with Gasteiger partial charge in [-0.15, -0.1) is 0 Å². The van der Waals surface area contributed by atoms with Crippen molar-refractivity contribution in [1.82, 2.24) is 9.71 Å². The predicted molar refractivity (Wildman–Crippen MR) is 87.0 cm³/mol. The van der Waals surface area contributed by atoms with Crippen molar-refractivity contribution in [3.05, 3.63) is 36.0 Å². The lowest BCUT2D eigenvalue weighted by Gasteiger charge is -2.26. The lowest BCUT2D eigenvalue weighted by atomic mass is 9.93. The Morgan fingerprint density at radius 2 is 1.91 bits per heavy atom. The van der Waals surface area contributed by atoms with Crippen molar-refractivity contribution >= 4 is 20.9 Å². The SMILES string of the molecule is Cc1ccc(S(=O)(=O)NC2CCC(N)CC2)c2cccnc12. The van der Waals surface area contributed by atoms with Gasteiger partial charge in [-0.2, -0.15) is 0 Å². The molecule has 1 aromatic carbocycles. The van der Waals surface area contributed by atoms with Crippen LogP contribution in [0.5, 0.6) is 0 Å². The number of nitrogens with two attached hydrogens (primary N) is 1. The Morgan fingerprint density at radius 3 is 2.64 bits per heavy atom. The second-order valence-corrected chi connectivity index (χ2v) is 7.70. The summed E-state index contributed by atoms with van der Waals surface area (Å²) in [5, 5.41) is 0.669. The number of pyridine rings is 1. The summed E-state index contributed by atoms with van der Waals surface area (Å²) in [6, 6.07) is 7.21. The Bertz CT molecular complexity index is 781. The summed E-state index contributed by atoms with van der Waals surface area (Å²) < 4.78 is 28.3. The molecule has 3 N–H and O–H groups in total. The molecule has 0 amide bonds. The fourth-order valence-corrected chi connectivity index (χ4v) is 4.54. The Hall–Kier alpha value is -1.50. The van der Waals surface area contributed by atoms with Gasteiger partial charge in [0.15, 0.2) is 0 Å². The molecule has 22 heavy (non-hydrogen) atoms. The van der Waals surface area contributed by atoms with E-state index < -0.39 is 10.0 Å². The van der Waals surface area contributed by atoms with Gasteiger partial charge in [-0.25, -0.2) is 13.1 Å². The fourth-order valence-electron chi connectivity index (χ4n) is 3.04. The molecule has 1 aliphatic rings. The molecular weight excluding hydrogens is 298 g/mol. The number of fused-ring (bicyclic) bond motifs is 1. The van der Waals surface area contributed by atoms with Crippen LogP contribution in [0, 0.1) is 6.92 Å². The van der Waals surface area contributed by atoms with Gasteiger partial charge in [0.05, 0.1) is 10.4 Å². The lowest BCUT2D eigenvalue weighted by Crippen LogP contribution is -2.40. The number of sulfonamides is 1. The van der Waals surface area contributed by atoms with Gasteiger partial charge in [-0.3, -0.25) is 4.98 Å². The molecule has 3 rings (SSSR count). The van der Waals surface area contributed by atoms with Crippen LogP contribution in [0.15, 0.2) is 35.4 Å². The van der Waals surface area contributed by atoms with Crippen molar-refractivity contribution in [3.63, 3.8) is 0 Å². The minimum atomic E-state index is -3.55. The topological polar surface area (TPSA) is 85.1 Å². The maximum absolute atomic E-state index is 12.7. The van der Waals surface area contributed by atoms with Gasteiger partial charge in [0.25, 0.3) is 0 Å². The van der Waals surface area contributed by atoms with Crippen molar-refractivity contribution in [1.29, 1.82) is 0 Å². The molecule has 2 aromatic rings. The first-order chi connectivity index (χ1) is 10.5. The van der Waals surface area contributed by atoms with Gasteiger partial charge in [-0.05, 0) is 56.4 Å². The highest BCUT2D eigenvalue weighted by Crippen LogP contribution is 2.26. The van der Waals surface area contributed by atoms with Crippen LogP contribution < -0.4 is 10.5 Å². The molecule has 1 aliphatic carbocycles. The van der Waals surface area contributed by atoms with E-state index in [9.17, 15) is 8.42 Å². The van der Waals surface area contributed by atoms with Crippen LogP contribution in [-0.2, 0) is 10.0 Å². The molecule has 1 fully saturated rings. The molecule has 0 bridgehead atoms. The summed E-state index contributed by atoms with van der Waals surface area (Å²) >= 11 is 0. The van der Waals surface area contributed by atoms with Crippen LogP contribution in [0.1, 0.15) is 31.2 Å². The van der Waals surface area contributed by atoms with Crippen molar-refractivity contribution in [2.24, 2.45) is 5.73 Å². The van der Waals surface area contributed by atoms with Crippen LogP contribution >= 0.6 is 0 Å². The molecule has 0 radical (unpaired) electrons. The van der Waals surface area contributed by atoms with E-state index in [2.05, 4.69) is 9.71 Å². The van der Waals surface area contributed by atoms with Crippen LogP contribution in [0.4, 0.5) is 0 Å². The first-order valence-electron chi connectivity index (χ1n) is 7.59. The van der Waals surface area contributed by atoms with E-state index >= 15 is 0 Å². The summed E-state index contributed by atoms with van der Waals surface area (Å²) in [5.41, 5.74) is 7.58. The molecule has 6 heteroatoms. The number of benzene rings is 1. The zero-order chi connectivity index (χ0) is 15.7. The van der Waals surface area contributed by atoms with E-state index in [4.69, 9.17) is 5.73 Å². The Labute approximate surface area is 131 Å². The van der Waals surface area contributed by atoms with Crippen molar-refractivity contribution in [2.75, 3.05) is 0 Å². The molecule has 0 saturated heterocycles. The van der Waals surface area contributed by atoms with Gasteiger partial charge >= 0.3 is 0 Å². The van der Waals surface area contributed by atoms with E-state index in [1.165, 1.54) is 0 Å². The Balaban J connectivity index is 1.94. The minimum Gasteiger partial charge on any atom is -0.328 e. The third-order valence-electron chi connectivity index (χ3n) is 4.31. The Kier molecular flexibility index (Phi) is 4.16. The van der Waals surface area contributed by atoms with E-state index in [1.54, 1.807) is 30.5 Å². The molecule has 0 aliphatic heterocycles. The third-order valence-corrected chi connectivity index (χ3v) is 5.89. The molecule has 118 valence electrons. The first kappa shape index (κ1) is 15.4. The van der Waals surface area contributed by atoms with Gasteiger partial charge in [0, 0.05) is 23.7 Å². The summed E-state index contributed by atoms with van der Waals surface area (Å²) in [6.45, 7) is 1.93. The standard InChI is InChI=1S/C16H21N3O2S/c1-11-4-9-15(14-3-2-10-18-16(11)14)22(20,21)19-13-7-5-12(17)6-8-13/h2-4,9-10,12-13,19H,5-8,17H2,1H3. The molecule has 0 atom stereocenters. The van der Waals surface area contributed by atoms with Crippen molar-refractivity contribution < 1.29 is 8.42 Å². The first-order valence-corrected chi connectivity index (χ1v) is 9.08. The zero-order valence-electron chi connectivity index (χ0n) is 12.6. The second-order valence-electron chi connectivity index (χ2n) is 6.01. The van der Waals surface area contributed by atoms with E-state index in [-0.39, 0.29) is 12.1 Å². The molecule has 1 aromatic heterocycles. The van der Waals surface area contributed by atoms with Crippen LogP contribution in [0.3, 0.4) is 0 Å². The smallest absolute Gasteiger partial charge is 0.241 e. The van der Waals surface area contributed by atoms with Gasteiger partial charge in [0.2, 0.25) is 10.0 Å². The van der Waals surface area contributed by atoms with Gasteiger partial charge in [0.1, 0.15) is 0 Å². The minimum absolute atomic E-state index is 0.0298. The number of aromatic nitrogens is 1. The summed E-state index contributed by atoms with van der Waals surface area (Å²) in [7, 11) is -3.55. The average Bonchev–Trinajstić information content (AvgIpc) is 2.50. The number of aryl methyl sites for hydroxylation is 1. The lowest BCUT2D eigenvalue weighted by molar-refractivity contribution is 0.373. The van der Waals surface area contributed by atoms with Crippen LogP contribution in [0.2, 0.25) is 0 Å². The highest BCUT2D eigenvalue weighted by molar-refractivity contribution is 7.89. The Morgan fingerprint density at radius 1 is 1.18 bits per heavy atom. The predicted octanol–water partition coefficient (Wildman–Crippen LogP) is 2.09. The summed E-state index contributed by atoms with van der Waals surface area (Å²) in [4.78, 5) is 4.60. The number of hydrogen-bond donors (Lipinski definition) is 2. The van der Waals surface area contributed by atoms with E-state index in [0.29, 0.717) is 10.3 Å². The van der Waals surface area contributed by atoms with Gasteiger partial charge in [-0.1, -0.05) is 6.07 Å². The van der Waals surface area contributed by atoms with Crippen LogP contribution in [0.25, 0.3) is 10.9 Å². The van der Waals surface area contributed by atoms with Crippen LogP contribution in [-0.4, -0.2) is 25.5 Å². The molecular formula is C16H21N3O2S. The third kappa shape index (κ3) is 2.99. The van der Waals surface area contributed by atoms with E-state index in [0.717, 1.165) is 36.8 Å². The normalized spacial score (nSPS) is 22.8. The summed E-state index contributed by atoms with van der Waals surface area (Å²) in [6.07, 6.45) is 5.00. The van der Waals surface area contributed by atoms with E-state index in [1.807, 2.05) is 6.92 Å². The monoisotopic (exact) mass is 319 g/mol. The maximum Gasteiger partial charge on any atom is 0.241 e. The molecule has 0 unspecified atom stereocenters. The summed E-state index contributed by atoms with van der Waals surface area (Å²) in [5.74, 6) is 0. The van der Waals surface area contributed by atoms with Crippen molar-refractivity contribution in [3.8, 4) is 0 Å². The number of nitrogens with zero attached hydrogens (tertiary/aromatic N) is 1. The largest absolute Gasteiger partial charge is 0.328 e. The average molecular weight is 319 g/mol.